The van der Waals surface area contributed by atoms with Crippen LogP contribution < -0.4 is 10.6 Å². The maximum absolute atomic E-state index is 11.0. The fraction of sp³-hybridized carbons (Fsp3) is 0.917. The molecule has 1 amide bonds. The number of hydrogen-bond donors (Lipinski definition) is 2. The molecule has 0 bridgehead atoms. The fourth-order valence-electron chi connectivity index (χ4n) is 2.24. The van der Waals surface area contributed by atoms with Gasteiger partial charge in [0.15, 0.2) is 0 Å². The van der Waals surface area contributed by atoms with Crippen LogP contribution in [-0.4, -0.2) is 25.5 Å². The third-order valence-corrected chi connectivity index (χ3v) is 3.37. The number of carbonyl (C=O) groups is 1. The van der Waals surface area contributed by atoms with Gasteiger partial charge in [-0.25, -0.2) is 0 Å². The minimum absolute atomic E-state index is 0.0720. The van der Waals surface area contributed by atoms with E-state index in [1.807, 2.05) is 0 Å². The molecule has 88 valence electrons. The third kappa shape index (κ3) is 5.17. The molecule has 0 saturated heterocycles. The number of rotatable bonds is 6. The molecule has 0 aliphatic heterocycles. The first-order valence-electron chi connectivity index (χ1n) is 6.16. The minimum Gasteiger partial charge on any atom is -0.358 e. The molecule has 0 aromatic rings. The number of likely N-dealkylation sites (N-methyl/N-ethyl adjacent to an activating group) is 1. The summed E-state index contributed by atoms with van der Waals surface area (Å²) in [6.07, 6.45) is 8.20. The average Bonchev–Trinajstić information content (AvgIpc) is 2.75. The Hall–Kier alpha value is -0.570. The van der Waals surface area contributed by atoms with E-state index in [0.29, 0.717) is 12.6 Å². The Labute approximate surface area is 93.0 Å². The summed E-state index contributed by atoms with van der Waals surface area (Å²) in [6.45, 7) is 2.61. The van der Waals surface area contributed by atoms with Crippen LogP contribution in [0.25, 0.3) is 0 Å². The molecule has 1 unspecified atom stereocenters. The summed E-state index contributed by atoms with van der Waals surface area (Å²) in [7, 11) is 1.67. The highest BCUT2D eigenvalue weighted by Gasteiger charge is 2.15. The summed E-state index contributed by atoms with van der Waals surface area (Å²) in [4.78, 5) is 11.0. The van der Waals surface area contributed by atoms with Crippen molar-refractivity contribution in [2.45, 2.75) is 51.5 Å². The third-order valence-electron chi connectivity index (χ3n) is 3.37. The van der Waals surface area contributed by atoms with Crippen LogP contribution in [-0.2, 0) is 4.79 Å². The van der Waals surface area contributed by atoms with Gasteiger partial charge in [-0.05, 0) is 25.7 Å². The summed E-state index contributed by atoms with van der Waals surface area (Å²) in [6, 6.07) is 0.461. The molecule has 2 N–H and O–H groups in total. The molecule has 3 heteroatoms. The summed E-state index contributed by atoms with van der Waals surface area (Å²) >= 11 is 0. The fourth-order valence-corrected chi connectivity index (χ4v) is 2.24. The van der Waals surface area contributed by atoms with Crippen molar-refractivity contribution in [2.75, 3.05) is 13.6 Å². The highest BCUT2D eigenvalue weighted by Crippen LogP contribution is 2.28. The van der Waals surface area contributed by atoms with E-state index in [4.69, 9.17) is 0 Å². The first-order valence-corrected chi connectivity index (χ1v) is 6.16. The van der Waals surface area contributed by atoms with E-state index in [2.05, 4.69) is 17.6 Å². The number of nitrogens with one attached hydrogen (secondary N) is 2. The predicted octanol–water partition coefficient (Wildman–Crippen LogP) is 1.68. The molecule has 1 atom stereocenters. The molecule has 1 rings (SSSR count). The summed E-state index contributed by atoms with van der Waals surface area (Å²) in [5.74, 6) is 1.02. The van der Waals surface area contributed by atoms with E-state index in [1.165, 1.54) is 38.5 Å². The minimum atomic E-state index is 0.0720. The van der Waals surface area contributed by atoms with Crippen LogP contribution in [0.4, 0.5) is 0 Å². The zero-order valence-corrected chi connectivity index (χ0v) is 10.0. The van der Waals surface area contributed by atoms with Gasteiger partial charge in [-0.15, -0.1) is 0 Å². The van der Waals surface area contributed by atoms with Gasteiger partial charge < -0.3 is 10.6 Å². The lowest BCUT2D eigenvalue weighted by Crippen LogP contribution is -2.36. The van der Waals surface area contributed by atoms with Crippen molar-refractivity contribution in [1.29, 1.82) is 0 Å². The summed E-state index contributed by atoms with van der Waals surface area (Å²) in [5.41, 5.74) is 0. The van der Waals surface area contributed by atoms with Crippen molar-refractivity contribution in [1.82, 2.24) is 10.6 Å². The molecule has 0 spiro atoms. The lowest BCUT2D eigenvalue weighted by Gasteiger charge is -2.15. The van der Waals surface area contributed by atoms with Crippen LogP contribution in [0.5, 0.6) is 0 Å². The molecule has 0 aromatic heterocycles. The van der Waals surface area contributed by atoms with E-state index in [-0.39, 0.29) is 5.91 Å². The topological polar surface area (TPSA) is 41.1 Å². The summed E-state index contributed by atoms with van der Waals surface area (Å²) in [5, 5.41) is 5.86. The Morgan fingerprint density at radius 2 is 2.07 bits per heavy atom. The molecular formula is C12H24N2O. The molecule has 1 saturated carbocycles. The first-order chi connectivity index (χ1) is 7.22. The van der Waals surface area contributed by atoms with Crippen molar-refractivity contribution in [3.05, 3.63) is 0 Å². The van der Waals surface area contributed by atoms with Gasteiger partial charge in [-0.1, -0.05) is 25.7 Å². The van der Waals surface area contributed by atoms with Crippen molar-refractivity contribution >= 4 is 5.91 Å². The number of hydrogen-bond acceptors (Lipinski definition) is 2. The SMILES string of the molecule is CNC(=O)CNC(C)CCC1CCCC1. The lowest BCUT2D eigenvalue weighted by atomic mass is 9.99. The normalized spacial score (nSPS) is 19.1. The Balaban J connectivity index is 2.02. The van der Waals surface area contributed by atoms with Gasteiger partial charge in [0.25, 0.3) is 0 Å². The molecule has 1 fully saturated rings. The van der Waals surface area contributed by atoms with E-state index < -0.39 is 0 Å². The monoisotopic (exact) mass is 212 g/mol. The van der Waals surface area contributed by atoms with Crippen molar-refractivity contribution in [3.8, 4) is 0 Å². The first kappa shape index (κ1) is 12.5. The van der Waals surface area contributed by atoms with Gasteiger partial charge >= 0.3 is 0 Å². The van der Waals surface area contributed by atoms with E-state index >= 15 is 0 Å². The summed E-state index contributed by atoms with van der Waals surface area (Å²) < 4.78 is 0. The molecule has 0 aromatic carbocycles. The second kappa shape index (κ2) is 6.83. The van der Waals surface area contributed by atoms with Gasteiger partial charge in [-0.2, -0.15) is 0 Å². The van der Waals surface area contributed by atoms with E-state index in [0.717, 1.165) is 5.92 Å². The second-order valence-corrected chi connectivity index (χ2v) is 4.68. The van der Waals surface area contributed by atoms with Crippen LogP contribution in [0.3, 0.4) is 0 Å². The van der Waals surface area contributed by atoms with Crippen LogP contribution in [0.15, 0.2) is 0 Å². The molecule has 15 heavy (non-hydrogen) atoms. The average molecular weight is 212 g/mol. The standard InChI is InChI=1S/C12H24N2O/c1-10(14-9-12(15)13-2)7-8-11-5-3-4-6-11/h10-11,14H,3-9H2,1-2H3,(H,13,15). The maximum atomic E-state index is 11.0. The Bertz CT molecular complexity index is 188. The number of amides is 1. The van der Waals surface area contributed by atoms with Crippen LogP contribution >= 0.6 is 0 Å². The highest BCUT2D eigenvalue weighted by atomic mass is 16.1. The van der Waals surface area contributed by atoms with Crippen LogP contribution in [0, 0.1) is 5.92 Å². The molecule has 1 aliphatic rings. The second-order valence-electron chi connectivity index (χ2n) is 4.68. The van der Waals surface area contributed by atoms with Gasteiger partial charge in [0.05, 0.1) is 6.54 Å². The largest absolute Gasteiger partial charge is 0.358 e. The highest BCUT2D eigenvalue weighted by molar-refractivity contribution is 5.77. The molecular weight excluding hydrogens is 188 g/mol. The van der Waals surface area contributed by atoms with E-state index in [1.54, 1.807) is 7.05 Å². The molecule has 0 radical (unpaired) electrons. The number of carbonyl (C=O) groups excluding carboxylic acids is 1. The Morgan fingerprint density at radius 1 is 1.40 bits per heavy atom. The van der Waals surface area contributed by atoms with Gasteiger partial charge in [-0.3, -0.25) is 4.79 Å². The Morgan fingerprint density at radius 3 is 2.67 bits per heavy atom. The zero-order valence-electron chi connectivity index (χ0n) is 10.0. The molecule has 0 heterocycles. The molecule has 1 aliphatic carbocycles. The Kier molecular flexibility index (Phi) is 5.69. The van der Waals surface area contributed by atoms with Crippen molar-refractivity contribution in [2.24, 2.45) is 5.92 Å². The van der Waals surface area contributed by atoms with Crippen LogP contribution in [0.1, 0.15) is 45.4 Å². The van der Waals surface area contributed by atoms with Crippen LogP contribution in [0.2, 0.25) is 0 Å². The van der Waals surface area contributed by atoms with E-state index in [9.17, 15) is 4.79 Å². The van der Waals surface area contributed by atoms with Crippen molar-refractivity contribution < 1.29 is 4.79 Å². The quantitative estimate of drug-likeness (QED) is 0.703. The van der Waals surface area contributed by atoms with Gasteiger partial charge in [0, 0.05) is 13.1 Å². The van der Waals surface area contributed by atoms with Gasteiger partial charge in [0.1, 0.15) is 0 Å². The predicted molar refractivity (Wildman–Crippen MR) is 62.7 cm³/mol. The van der Waals surface area contributed by atoms with Gasteiger partial charge in [0.2, 0.25) is 5.91 Å². The maximum Gasteiger partial charge on any atom is 0.233 e. The zero-order chi connectivity index (χ0) is 11.1. The lowest BCUT2D eigenvalue weighted by molar-refractivity contribution is -0.119. The smallest absolute Gasteiger partial charge is 0.233 e. The molecule has 3 nitrogen and oxygen atoms in total. The van der Waals surface area contributed by atoms with Crippen molar-refractivity contribution in [3.63, 3.8) is 0 Å².